The maximum absolute atomic E-state index is 12.4. The first kappa shape index (κ1) is 16.1. The Morgan fingerprint density at radius 1 is 0.708 bits per heavy atom. The summed E-state index contributed by atoms with van der Waals surface area (Å²) in [4.78, 5) is 0.258. The van der Waals surface area contributed by atoms with E-state index in [0.717, 1.165) is 16.9 Å². The van der Waals surface area contributed by atoms with Crippen LogP contribution < -0.4 is 10.0 Å². The van der Waals surface area contributed by atoms with Crippen LogP contribution in [-0.2, 0) is 10.0 Å². The zero-order valence-corrected chi connectivity index (χ0v) is 14.0. The van der Waals surface area contributed by atoms with Crippen LogP contribution in [0, 0.1) is 6.92 Å². The van der Waals surface area contributed by atoms with Crippen molar-refractivity contribution < 1.29 is 8.42 Å². The molecule has 0 aliphatic rings. The fourth-order valence-corrected chi connectivity index (χ4v) is 3.47. The van der Waals surface area contributed by atoms with Gasteiger partial charge >= 0.3 is 0 Å². The molecule has 0 amide bonds. The zero-order chi connectivity index (χ0) is 17.0. The van der Waals surface area contributed by atoms with Gasteiger partial charge < -0.3 is 5.32 Å². The second-order valence-electron chi connectivity index (χ2n) is 5.49. The number of hydrogen-bond acceptors (Lipinski definition) is 3. The molecule has 0 aliphatic carbocycles. The van der Waals surface area contributed by atoms with E-state index in [1.165, 1.54) is 0 Å². The van der Waals surface area contributed by atoms with Crippen LogP contribution in [-0.4, -0.2) is 8.42 Å². The highest BCUT2D eigenvalue weighted by atomic mass is 32.2. The molecule has 3 aromatic rings. The normalized spacial score (nSPS) is 11.0. The Balaban J connectivity index is 1.74. The van der Waals surface area contributed by atoms with Gasteiger partial charge in [0.2, 0.25) is 0 Å². The summed E-state index contributed by atoms with van der Waals surface area (Å²) in [5.41, 5.74) is 3.29. The van der Waals surface area contributed by atoms with Crippen molar-refractivity contribution in [1.82, 2.24) is 0 Å². The second kappa shape index (κ2) is 6.76. The number of anilines is 3. The fourth-order valence-electron chi connectivity index (χ4n) is 2.31. The molecule has 0 heterocycles. The summed E-state index contributed by atoms with van der Waals surface area (Å²) < 4.78 is 27.4. The average molecular weight is 338 g/mol. The summed E-state index contributed by atoms with van der Waals surface area (Å²) in [6.45, 7) is 1.86. The van der Waals surface area contributed by atoms with Crippen LogP contribution >= 0.6 is 0 Å². The lowest BCUT2D eigenvalue weighted by molar-refractivity contribution is 0.601. The van der Waals surface area contributed by atoms with Gasteiger partial charge in [0.15, 0.2) is 0 Å². The van der Waals surface area contributed by atoms with E-state index in [1.807, 2.05) is 55.5 Å². The third kappa shape index (κ3) is 3.94. The predicted molar refractivity (Wildman–Crippen MR) is 98.2 cm³/mol. The number of sulfonamides is 1. The van der Waals surface area contributed by atoms with Gasteiger partial charge in [0.1, 0.15) is 0 Å². The average Bonchev–Trinajstić information content (AvgIpc) is 2.57. The van der Waals surface area contributed by atoms with E-state index >= 15 is 0 Å². The van der Waals surface area contributed by atoms with Crippen LogP contribution in [0.25, 0.3) is 0 Å². The van der Waals surface area contributed by atoms with Crippen LogP contribution in [0.15, 0.2) is 83.8 Å². The Kier molecular flexibility index (Phi) is 4.53. The number of nitrogens with one attached hydrogen (secondary N) is 2. The maximum atomic E-state index is 12.4. The Labute approximate surface area is 142 Å². The van der Waals surface area contributed by atoms with E-state index in [1.54, 1.807) is 30.3 Å². The molecule has 0 aromatic heterocycles. The molecule has 4 nitrogen and oxygen atoms in total. The number of hydrogen-bond donors (Lipinski definition) is 2. The largest absolute Gasteiger partial charge is 0.356 e. The predicted octanol–water partition coefficient (Wildman–Crippen LogP) is 4.54. The molecule has 0 unspecified atom stereocenters. The molecule has 0 atom stereocenters. The van der Waals surface area contributed by atoms with Crippen molar-refractivity contribution in [3.63, 3.8) is 0 Å². The molecule has 122 valence electrons. The maximum Gasteiger partial charge on any atom is 0.261 e. The molecule has 24 heavy (non-hydrogen) atoms. The number of rotatable bonds is 5. The molecule has 0 saturated heterocycles. The molecular weight excluding hydrogens is 320 g/mol. The van der Waals surface area contributed by atoms with Gasteiger partial charge in [-0.3, -0.25) is 4.72 Å². The van der Waals surface area contributed by atoms with E-state index < -0.39 is 10.0 Å². The summed E-state index contributed by atoms with van der Waals surface area (Å²) in [5.74, 6) is 0. The topological polar surface area (TPSA) is 58.2 Å². The van der Waals surface area contributed by atoms with Crippen molar-refractivity contribution in [2.24, 2.45) is 0 Å². The zero-order valence-electron chi connectivity index (χ0n) is 13.2. The lowest BCUT2D eigenvalue weighted by Gasteiger charge is -2.10. The van der Waals surface area contributed by atoms with Crippen molar-refractivity contribution in [2.45, 2.75) is 11.8 Å². The number of aryl methyl sites for hydroxylation is 1. The number of benzene rings is 3. The summed E-state index contributed by atoms with van der Waals surface area (Å²) in [6, 6.07) is 23.8. The van der Waals surface area contributed by atoms with E-state index in [0.29, 0.717) is 5.69 Å². The molecule has 2 N–H and O–H groups in total. The van der Waals surface area contributed by atoms with Crippen molar-refractivity contribution in [3.8, 4) is 0 Å². The highest BCUT2D eigenvalue weighted by molar-refractivity contribution is 7.92. The van der Waals surface area contributed by atoms with Crippen LogP contribution in [0.5, 0.6) is 0 Å². The summed E-state index contributed by atoms with van der Waals surface area (Å²) >= 11 is 0. The van der Waals surface area contributed by atoms with Crippen molar-refractivity contribution >= 4 is 27.1 Å². The van der Waals surface area contributed by atoms with E-state index in [4.69, 9.17) is 0 Å². The lowest BCUT2D eigenvalue weighted by atomic mass is 10.2. The SMILES string of the molecule is Cc1cccc(S(=O)(=O)Nc2ccc(Nc3ccccc3)cc2)c1. The van der Waals surface area contributed by atoms with Crippen molar-refractivity contribution in [2.75, 3.05) is 10.0 Å². The Bertz CT molecular complexity index is 921. The van der Waals surface area contributed by atoms with Crippen LogP contribution in [0.4, 0.5) is 17.1 Å². The molecule has 0 radical (unpaired) electrons. The monoisotopic (exact) mass is 338 g/mol. The Hall–Kier alpha value is -2.79. The quantitative estimate of drug-likeness (QED) is 0.718. The molecule has 0 spiro atoms. The molecule has 0 saturated carbocycles. The lowest BCUT2D eigenvalue weighted by Crippen LogP contribution is -2.13. The summed E-state index contributed by atoms with van der Waals surface area (Å²) in [5, 5.41) is 3.26. The molecule has 5 heteroatoms. The Morgan fingerprint density at radius 3 is 2.00 bits per heavy atom. The molecule has 3 aromatic carbocycles. The third-order valence-corrected chi connectivity index (χ3v) is 4.88. The van der Waals surface area contributed by atoms with Crippen LogP contribution in [0.1, 0.15) is 5.56 Å². The van der Waals surface area contributed by atoms with Gasteiger partial charge in [-0.2, -0.15) is 0 Å². The van der Waals surface area contributed by atoms with E-state index in [2.05, 4.69) is 10.0 Å². The minimum Gasteiger partial charge on any atom is -0.356 e. The fraction of sp³-hybridized carbons (Fsp3) is 0.0526. The van der Waals surface area contributed by atoms with Crippen molar-refractivity contribution in [3.05, 3.63) is 84.4 Å². The van der Waals surface area contributed by atoms with Gasteiger partial charge in [0.25, 0.3) is 10.0 Å². The molecular formula is C19H18N2O2S. The van der Waals surface area contributed by atoms with Crippen molar-refractivity contribution in [1.29, 1.82) is 0 Å². The van der Waals surface area contributed by atoms with E-state index in [9.17, 15) is 8.42 Å². The van der Waals surface area contributed by atoms with Crippen LogP contribution in [0.2, 0.25) is 0 Å². The standard InChI is InChI=1S/C19H18N2O2S/c1-15-6-5-9-19(14-15)24(22,23)21-18-12-10-17(11-13-18)20-16-7-3-2-4-8-16/h2-14,20-21H,1H3. The van der Waals surface area contributed by atoms with Crippen LogP contribution in [0.3, 0.4) is 0 Å². The van der Waals surface area contributed by atoms with Gasteiger partial charge in [-0.05, 0) is 61.0 Å². The van der Waals surface area contributed by atoms with Gasteiger partial charge in [-0.25, -0.2) is 8.42 Å². The Morgan fingerprint density at radius 2 is 1.33 bits per heavy atom. The number of para-hydroxylation sites is 1. The minimum absolute atomic E-state index is 0.258. The molecule has 3 rings (SSSR count). The smallest absolute Gasteiger partial charge is 0.261 e. The first-order chi connectivity index (χ1) is 11.5. The molecule has 0 bridgehead atoms. The van der Waals surface area contributed by atoms with Gasteiger partial charge in [-0.15, -0.1) is 0 Å². The van der Waals surface area contributed by atoms with Gasteiger partial charge in [0.05, 0.1) is 4.90 Å². The second-order valence-corrected chi connectivity index (χ2v) is 7.17. The van der Waals surface area contributed by atoms with E-state index in [-0.39, 0.29) is 4.90 Å². The van der Waals surface area contributed by atoms with Gasteiger partial charge in [0, 0.05) is 17.1 Å². The third-order valence-electron chi connectivity index (χ3n) is 3.50. The molecule has 0 fully saturated rings. The first-order valence-electron chi connectivity index (χ1n) is 7.54. The summed E-state index contributed by atoms with van der Waals surface area (Å²) in [7, 11) is -3.58. The highest BCUT2D eigenvalue weighted by Crippen LogP contribution is 2.21. The molecule has 0 aliphatic heterocycles. The highest BCUT2D eigenvalue weighted by Gasteiger charge is 2.13. The first-order valence-corrected chi connectivity index (χ1v) is 9.03. The summed E-state index contributed by atoms with van der Waals surface area (Å²) in [6.07, 6.45) is 0. The van der Waals surface area contributed by atoms with Gasteiger partial charge in [-0.1, -0.05) is 30.3 Å². The minimum atomic E-state index is -3.58.